The van der Waals surface area contributed by atoms with Gasteiger partial charge < -0.3 is 4.42 Å². The Bertz CT molecular complexity index is 938. The third-order valence-corrected chi connectivity index (χ3v) is 3.46. The maximum atomic E-state index is 12.0. The Morgan fingerprint density at radius 3 is 2.60 bits per heavy atom. The lowest BCUT2D eigenvalue weighted by atomic mass is 10.2. The second-order valence-corrected chi connectivity index (χ2v) is 5.89. The molecule has 2 heterocycles. The molecule has 2 aromatic heterocycles. The summed E-state index contributed by atoms with van der Waals surface area (Å²) in [5.41, 5.74) is 0.428. The molecule has 0 saturated carbocycles. The molecule has 0 atom stereocenters. The first-order valence-electron chi connectivity index (χ1n) is 7.63. The summed E-state index contributed by atoms with van der Waals surface area (Å²) >= 11 is 0. The van der Waals surface area contributed by atoms with Crippen molar-refractivity contribution < 1.29 is 9.34 Å². The van der Waals surface area contributed by atoms with Crippen LogP contribution in [0.2, 0.25) is 0 Å². The molecule has 3 rings (SSSR count). The molecule has 10 nitrogen and oxygen atoms in total. The van der Waals surface area contributed by atoms with Crippen molar-refractivity contribution in [2.45, 2.75) is 26.9 Å². The first kappa shape index (κ1) is 16.6. The quantitative estimate of drug-likeness (QED) is 0.492. The topological polar surface area (TPSA) is 122 Å². The lowest BCUT2D eigenvalue weighted by Crippen LogP contribution is -2.20. The second-order valence-electron chi connectivity index (χ2n) is 5.89. The van der Waals surface area contributed by atoms with Crippen LogP contribution in [-0.2, 0) is 13.1 Å². The van der Waals surface area contributed by atoms with Crippen LogP contribution in [0.5, 0.6) is 0 Å². The van der Waals surface area contributed by atoms with E-state index in [1.54, 1.807) is 4.68 Å². The number of nitro benzene ring substituents is 1. The monoisotopic (exact) mass is 344 g/mol. The van der Waals surface area contributed by atoms with Gasteiger partial charge in [0.15, 0.2) is 0 Å². The summed E-state index contributed by atoms with van der Waals surface area (Å²) in [5.74, 6) is 0.437. The number of rotatable bonds is 6. The molecule has 25 heavy (non-hydrogen) atoms. The summed E-state index contributed by atoms with van der Waals surface area (Å²) in [6.45, 7) is 4.92. The van der Waals surface area contributed by atoms with E-state index in [2.05, 4.69) is 29.0 Å². The molecular weight excluding hydrogens is 328 g/mol. The van der Waals surface area contributed by atoms with E-state index in [0.29, 0.717) is 23.9 Å². The predicted octanol–water partition coefficient (Wildman–Crippen LogP) is 1.71. The van der Waals surface area contributed by atoms with Crippen LogP contribution in [0.1, 0.15) is 19.7 Å². The van der Waals surface area contributed by atoms with Crippen LogP contribution >= 0.6 is 0 Å². The van der Waals surface area contributed by atoms with Crippen molar-refractivity contribution in [2.75, 3.05) is 0 Å². The molecule has 0 fully saturated rings. The molecule has 1 aromatic carbocycles. The van der Waals surface area contributed by atoms with Gasteiger partial charge in [-0.15, -0.1) is 5.10 Å². The summed E-state index contributed by atoms with van der Waals surface area (Å²) in [5, 5.41) is 19.0. The summed E-state index contributed by atoms with van der Waals surface area (Å²) in [7, 11) is 0. The van der Waals surface area contributed by atoms with E-state index >= 15 is 0 Å². The van der Waals surface area contributed by atoms with E-state index in [1.165, 1.54) is 30.6 Å². The Labute approximate surface area is 141 Å². The van der Waals surface area contributed by atoms with Crippen LogP contribution in [0.4, 0.5) is 5.69 Å². The molecule has 0 aliphatic heterocycles. The van der Waals surface area contributed by atoms with Gasteiger partial charge in [-0.1, -0.05) is 13.8 Å². The molecule has 3 aromatic rings. The van der Waals surface area contributed by atoms with Gasteiger partial charge in [0.25, 0.3) is 5.69 Å². The smallest absolute Gasteiger partial charge is 0.388 e. The lowest BCUT2D eigenvalue weighted by molar-refractivity contribution is -0.384. The number of aromatic nitrogens is 5. The molecular formula is C15H16N6O4. The fourth-order valence-electron chi connectivity index (χ4n) is 2.29. The van der Waals surface area contributed by atoms with Gasteiger partial charge in [0, 0.05) is 24.2 Å². The predicted molar refractivity (Wildman–Crippen MR) is 86.8 cm³/mol. The third-order valence-electron chi connectivity index (χ3n) is 3.46. The Morgan fingerprint density at radius 1 is 1.24 bits per heavy atom. The zero-order valence-corrected chi connectivity index (χ0v) is 13.7. The molecule has 130 valence electrons. The van der Waals surface area contributed by atoms with Crippen molar-refractivity contribution in [1.29, 1.82) is 0 Å². The first-order valence-corrected chi connectivity index (χ1v) is 7.63. The average Bonchev–Trinajstić information content (AvgIpc) is 3.15. The summed E-state index contributed by atoms with van der Waals surface area (Å²) in [6.07, 6.45) is 1.43. The molecule has 0 spiro atoms. The minimum absolute atomic E-state index is 0.0488. The van der Waals surface area contributed by atoms with Crippen molar-refractivity contribution >= 4 is 5.69 Å². The van der Waals surface area contributed by atoms with Crippen LogP contribution in [0.15, 0.2) is 39.8 Å². The van der Waals surface area contributed by atoms with E-state index < -0.39 is 10.7 Å². The SMILES string of the molecule is CC(C)Cn1ncnc1Cn1nc(-c2ccc([N+](=O)[O-])cc2)oc1=O. The molecule has 0 bridgehead atoms. The minimum Gasteiger partial charge on any atom is -0.388 e. The molecule has 0 saturated heterocycles. The highest BCUT2D eigenvalue weighted by Crippen LogP contribution is 2.19. The number of benzene rings is 1. The van der Waals surface area contributed by atoms with Gasteiger partial charge in [0.05, 0.1) is 4.92 Å². The Balaban J connectivity index is 1.84. The van der Waals surface area contributed by atoms with Crippen molar-refractivity contribution in [3.05, 3.63) is 57.1 Å². The highest BCUT2D eigenvalue weighted by Gasteiger charge is 2.15. The van der Waals surface area contributed by atoms with Gasteiger partial charge in [-0.25, -0.2) is 14.5 Å². The minimum atomic E-state index is -0.632. The second kappa shape index (κ2) is 6.67. The summed E-state index contributed by atoms with van der Waals surface area (Å²) in [4.78, 5) is 26.4. The van der Waals surface area contributed by atoms with Crippen molar-refractivity contribution in [2.24, 2.45) is 5.92 Å². The van der Waals surface area contributed by atoms with Crippen molar-refractivity contribution in [1.82, 2.24) is 24.5 Å². The van der Waals surface area contributed by atoms with E-state index in [9.17, 15) is 14.9 Å². The van der Waals surface area contributed by atoms with Gasteiger partial charge in [-0.05, 0) is 18.1 Å². The molecule has 0 unspecified atom stereocenters. The maximum absolute atomic E-state index is 12.0. The lowest BCUT2D eigenvalue weighted by Gasteiger charge is -2.07. The number of nitro groups is 1. The van der Waals surface area contributed by atoms with Gasteiger partial charge in [-0.3, -0.25) is 10.1 Å². The van der Waals surface area contributed by atoms with Crippen LogP contribution in [-0.4, -0.2) is 29.5 Å². The van der Waals surface area contributed by atoms with E-state index in [0.717, 1.165) is 4.68 Å². The van der Waals surface area contributed by atoms with E-state index in [1.807, 2.05) is 0 Å². The Hall–Kier alpha value is -3.30. The molecule has 0 aliphatic rings. The standard InChI is InChI=1S/C15H16N6O4/c1-10(2)7-19-13(16-9-17-19)8-20-15(22)25-14(18-20)11-3-5-12(6-4-11)21(23)24/h3-6,9-10H,7-8H2,1-2H3. The zero-order chi connectivity index (χ0) is 18.0. The van der Waals surface area contributed by atoms with Crippen LogP contribution in [0, 0.1) is 16.0 Å². The summed E-state index contributed by atoms with van der Waals surface area (Å²) < 4.78 is 8.01. The summed E-state index contributed by atoms with van der Waals surface area (Å²) in [6, 6.07) is 5.62. The largest absolute Gasteiger partial charge is 0.437 e. The van der Waals surface area contributed by atoms with Gasteiger partial charge in [0.2, 0.25) is 5.89 Å². The van der Waals surface area contributed by atoms with Gasteiger partial charge >= 0.3 is 5.76 Å². The zero-order valence-electron chi connectivity index (χ0n) is 13.7. The van der Waals surface area contributed by atoms with Crippen molar-refractivity contribution in [3.63, 3.8) is 0 Å². The maximum Gasteiger partial charge on any atom is 0.437 e. The third kappa shape index (κ3) is 3.62. The number of hydrogen-bond acceptors (Lipinski definition) is 7. The number of hydrogen-bond donors (Lipinski definition) is 0. The first-order chi connectivity index (χ1) is 11.9. The van der Waals surface area contributed by atoms with Gasteiger partial charge in [-0.2, -0.15) is 9.78 Å². The number of non-ortho nitro benzene ring substituents is 1. The fraction of sp³-hybridized carbons (Fsp3) is 0.333. The number of nitrogens with zero attached hydrogens (tertiary/aromatic N) is 6. The molecule has 10 heteroatoms. The molecule has 0 N–H and O–H groups in total. The van der Waals surface area contributed by atoms with Crippen LogP contribution < -0.4 is 5.76 Å². The van der Waals surface area contributed by atoms with Crippen LogP contribution in [0.3, 0.4) is 0 Å². The van der Waals surface area contributed by atoms with E-state index in [4.69, 9.17) is 4.42 Å². The molecule has 0 amide bonds. The van der Waals surface area contributed by atoms with E-state index in [-0.39, 0.29) is 18.1 Å². The fourth-order valence-corrected chi connectivity index (χ4v) is 2.29. The van der Waals surface area contributed by atoms with Gasteiger partial charge in [0.1, 0.15) is 18.7 Å². The highest BCUT2D eigenvalue weighted by molar-refractivity contribution is 5.55. The normalized spacial score (nSPS) is 11.2. The Kier molecular flexibility index (Phi) is 4.42. The Morgan fingerprint density at radius 2 is 1.96 bits per heavy atom. The molecule has 0 aliphatic carbocycles. The molecule has 0 radical (unpaired) electrons. The average molecular weight is 344 g/mol. The van der Waals surface area contributed by atoms with Crippen molar-refractivity contribution in [3.8, 4) is 11.5 Å². The van der Waals surface area contributed by atoms with Crippen LogP contribution in [0.25, 0.3) is 11.5 Å². The highest BCUT2D eigenvalue weighted by atomic mass is 16.6.